The average Bonchev–Trinajstić information content (AvgIpc) is 2.78. The molecule has 86 valence electrons. The van der Waals surface area contributed by atoms with Crippen LogP contribution in [0.3, 0.4) is 0 Å². The first-order chi connectivity index (χ1) is 8.08. The lowest BCUT2D eigenvalue weighted by Crippen LogP contribution is -2.00. The highest BCUT2D eigenvalue weighted by Gasteiger charge is 2.16. The fourth-order valence-electron chi connectivity index (χ4n) is 1.23. The fraction of sp³-hybridized carbons (Fsp3) is 0. The summed E-state index contributed by atoms with van der Waals surface area (Å²) in [5.41, 5.74) is 0.278. The summed E-state index contributed by atoms with van der Waals surface area (Å²) in [5, 5.41) is 8.92. The quantitative estimate of drug-likeness (QED) is 0.668. The molecule has 0 aliphatic carbocycles. The smallest absolute Gasteiger partial charge is 0.371 e. The number of carboxylic acid groups (broad SMARTS) is 1. The van der Waals surface area contributed by atoms with Gasteiger partial charge >= 0.3 is 5.97 Å². The second-order valence-corrected chi connectivity index (χ2v) is 3.56. The Morgan fingerprint density at radius 1 is 1.18 bits per heavy atom. The van der Waals surface area contributed by atoms with E-state index >= 15 is 0 Å². The zero-order chi connectivity index (χ0) is 12.4. The molecule has 5 nitrogen and oxygen atoms in total. The van der Waals surface area contributed by atoms with Crippen molar-refractivity contribution in [3.63, 3.8) is 0 Å². The van der Waals surface area contributed by atoms with Gasteiger partial charge in [-0.05, 0) is 24.3 Å². The second kappa shape index (κ2) is 4.39. The van der Waals surface area contributed by atoms with Crippen LogP contribution in [0, 0.1) is 0 Å². The van der Waals surface area contributed by atoms with Crippen LogP contribution >= 0.6 is 11.6 Å². The third-order valence-electron chi connectivity index (χ3n) is 2.03. The summed E-state index contributed by atoms with van der Waals surface area (Å²) in [4.78, 5) is 26.2. The van der Waals surface area contributed by atoms with Crippen LogP contribution in [0.2, 0.25) is 5.15 Å². The van der Waals surface area contributed by atoms with Gasteiger partial charge in [0, 0.05) is 11.8 Å². The Bertz CT molecular complexity index is 573. The summed E-state index contributed by atoms with van der Waals surface area (Å²) >= 11 is 5.58. The number of rotatable bonds is 3. The summed E-state index contributed by atoms with van der Waals surface area (Å²) in [7, 11) is 0. The van der Waals surface area contributed by atoms with Gasteiger partial charge in [-0.2, -0.15) is 0 Å². The first-order valence-corrected chi connectivity index (χ1v) is 4.95. The van der Waals surface area contributed by atoms with Crippen LogP contribution in [-0.4, -0.2) is 21.8 Å². The summed E-state index contributed by atoms with van der Waals surface area (Å²) in [6.07, 6.45) is 1.30. The van der Waals surface area contributed by atoms with E-state index in [1.54, 1.807) is 0 Å². The lowest BCUT2D eigenvalue weighted by atomic mass is 10.1. The number of furan rings is 1. The standard InChI is InChI=1S/C11H6ClNO4/c12-9-4-1-6(5-13-9)10(14)7-2-3-8(17-7)11(15)16/h1-5H,(H,15,16). The molecule has 2 aromatic rings. The number of ketones is 1. The molecule has 17 heavy (non-hydrogen) atoms. The van der Waals surface area contributed by atoms with Gasteiger partial charge in [-0.15, -0.1) is 0 Å². The third-order valence-corrected chi connectivity index (χ3v) is 2.25. The molecule has 0 fully saturated rings. The molecule has 6 heteroatoms. The number of hydrogen-bond acceptors (Lipinski definition) is 4. The Balaban J connectivity index is 2.30. The number of carboxylic acids is 1. The van der Waals surface area contributed by atoms with Crippen molar-refractivity contribution >= 4 is 23.4 Å². The zero-order valence-corrected chi connectivity index (χ0v) is 9.14. The highest BCUT2D eigenvalue weighted by Crippen LogP contribution is 2.14. The first-order valence-electron chi connectivity index (χ1n) is 4.57. The molecule has 0 bridgehead atoms. The van der Waals surface area contributed by atoms with Crippen LogP contribution in [-0.2, 0) is 0 Å². The number of nitrogens with zero attached hydrogens (tertiary/aromatic N) is 1. The monoisotopic (exact) mass is 251 g/mol. The molecular formula is C11H6ClNO4. The average molecular weight is 252 g/mol. The maximum atomic E-state index is 11.8. The van der Waals surface area contributed by atoms with E-state index in [0.29, 0.717) is 0 Å². The molecule has 0 saturated carbocycles. The Hall–Kier alpha value is -2.14. The van der Waals surface area contributed by atoms with Crippen LogP contribution < -0.4 is 0 Å². The maximum absolute atomic E-state index is 11.8. The van der Waals surface area contributed by atoms with Crippen LogP contribution in [0.25, 0.3) is 0 Å². The predicted molar refractivity (Wildman–Crippen MR) is 58.3 cm³/mol. The van der Waals surface area contributed by atoms with Crippen LogP contribution in [0.15, 0.2) is 34.9 Å². The largest absolute Gasteiger partial charge is 0.475 e. The molecule has 0 amide bonds. The summed E-state index contributed by atoms with van der Waals surface area (Å²) in [6, 6.07) is 5.48. The molecule has 0 saturated heterocycles. The third kappa shape index (κ3) is 2.34. The van der Waals surface area contributed by atoms with Gasteiger partial charge in [-0.25, -0.2) is 9.78 Å². The van der Waals surface area contributed by atoms with Gasteiger partial charge in [0.05, 0.1) is 0 Å². The number of hydrogen-bond donors (Lipinski definition) is 1. The minimum Gasteiger partial charge on any atom is -0.475 e. The minimum absolute atomic E-state index is 0.0495. The molecule has 0 atom stereocenters. The Kier molecular flexibility index (Phi) is 2.93. The van der Waals surface area contributed by atoms with E-state index < -0.39 is 11.8 Å². The van der Waals surface area contributed by atoms with Gasteiger partial charge in [0.2, 0.25) is 11.5 Å². The van der Waals surface area contributed by atoms with Crippen molar-refractivity contribution in [1.29, 1.82) is 0 Å². The van der Waals surface area contributed by atoms with E-state index in [4.69, 9.17) is 21.1 Å². The number of carbonyl (C=O) groups excluding carboxylic acids is 1. The normalized spacial score (nSPS) is 10.2. The van der Waals surface area contributed by atoms with E-state index in [2.05, 4.69) is 4.98 Å². The molecule has 0 radical (unpaired) electrons. The predicted octanol–water partition coefficient (Wildman–Crippen LogP) is 2.26. The van der Waals surface area contributed by atoms with E-state index in [0.717, 1.165) is 0 Å². The highest BCUT2D eigenvalue weighted by atomic mass is 35.5. The molecule has 0 aromatic carbocycles. The molecule has 0 spiro atoms. The van der Waals surface area contributed by atoms with Gasteiger partial charge in [-0.1, -0.05) is 11.6 Å². The fourth-order valence-corrected chi connectivity index (χ4v) is 1.34. The topological polar surface area (TPSA) is 80.4 Å². The molecule has 0 aliphatic rings. The molecule has 0 aliphatic heterocycles. The van der Waals surface area contributed by atoms with E-state index in [1.165, 1.54) is 30.5 Å². The van der Waals surface area contributed by atoms with Crippen molar-refractivity contribution in [3.8, 4) is 0 Å². The number of carbonyl (C=O) groups is 2. The molecule has 2 rings (SSSR count). The molecular weight excluding hydrogens is 246 g/mol. The van der Waals surface area contributed by atoms with Crippen molar-refractivity contribution in [2.24, 2.45) is 0 Å². The highest BCUT2D eigenvalue weighted by molar-refractivity contribution is 6.29. The Morgan fingerprint density at radius 3 is 2.41 bits per heavy atom. The van der Waals surface area contributed by atoms with Crippen molar-refractivity contribution < 1.29 is 19.1 Å². The molecule has 0 unspecified atom stereocenters. The number of aromatic nitrogens is 1. The summed E-state index contributed by atoms with van der Waals surface area (Å²) in [6.45, 7) is 0. The van der Waals surface area contributed by atoms with Gasteiger partial charge in [-0.3, -0.25) is 4.79 Å². The number of aromatic carboxylic acids is 1. The van der Waals surface area contributed by atoms with Crippen molar-refractivity contribution in [3.05, 3.63) is 52.7 Å². The van der Waals surface area contributed by atoms with Crippen molar-refractivity contribution in [2.45, 2.75) is 0 Å². The van der Waals surface area contributed by atoms with Gasteiger partial charge < -0.3 is 9.52 Å². The van der Waals surface area contributed by atoms with Crippen LogP contribution in [0.1, 0.15) is 26.7 Å². The first kappa shape index (κ1) is 11.3. The number of pyridine rings is 1. The van der Waals surface area contributed by atoms with E-state index in [-0.39, 0.29) is 22.2 Å². The van der Waals surface area contributed by atoms with Gasteiger partial charge in [0.1, 0.15) is 5.15 Å². The van der Waals surface area contributed by atoms with Crippen molar-refractivity contribution in [2.75, 3.05) is 0 Å². The van der Waals surface area contributed by atoms with Gasteiger partial charge in [0.15, 0.2) is 5.76 Å². The molecule has 1 N–H and O–H groups in total. The molecule has 2 heterocycles. The molecule has 2 aromatic heterocycles. The number of halogens is 1. The lowest BCUT2D eigenvalue weighted by molar-refractivity contribution is 0.0660. The van der Waals surface area contributed by atoms with Crippen molar-refractivity contribution in [1.82, 2.24) is 4.98 Å². The SMILES string of the molecule is O=C(O)c1ccc(C(=O)c2ccc(Cl)nc2)o1. The van der Waals surface area contributed by atoms with E-state index in [9.17, 15) is 9.59 Å². The van der Waals surface area contributed by atoms with Crippen LogP contribution in [0.5, 0.6) is 0 Å². The van der Waals surface area contributed by atoms with Gasteiger partial charge in [0.25, 0.3) is 0 Å². The maximum Gasteiger partial charge on any atom is 0.371 e. The second-order valence-electron chi connectivity index (χ2n) is 3.17. The van der Waals surface area contributed by atoms with E-state index in [1.807, 2.05) is 0 Å². The summed E-state index contributed by atoms with van der Waals surface area (Å²) in [5.74, 6) is -2.00. The zero-order valence-electron chi connectivity index (χ0n) is 8.38. The Labute approximate surface area is 101 Å². The summed E-state index contributed by atoms with van der Waals surface area (Å²) < 4.78 is 4.88. The minimum atomic E-state index is -1.22. The van der Waals surface area contributed by atoms with Crippen LogP contribution in [0.4, 0.5) is 0 Å². The lowest BCUT2D eigenvalue weighted by Gasteiger charge is -1.96. The Morgan fingerprint density at radius 2 is 1.88 bits per heavy atom.